The summed E-state index contributed by atoms with van der Waals surface area (Å²) in [6.07, 6.45) is -7.79. The van der Waals surface area contributed by atoms with Crippen LogP contribution in [-0.2, 0) is 19.4 Å². The van der Waals surface area contributed by atoms with Crippen LogP contribution in [0.1, 0.15) is 21.6 Å². The van der Waals surface area contributed by atoms with Crippen molar-refractivity contribution in [3.05, 3.63) is 65.4 Å². The Labute approximate surface area is 193 Å². The minimum atomic E-state index is -4.73. The van der Waals surface area contributed by atoms with Gasteiger partial charge >= 0.3 is 12.4 Å². The summed E-state index contributed by atoms with van der Waals surface area (Å²) in [7, 11) is 1.56. The number of carbonyl (C=O) groups is 1. The first-order chi connectivity index (χ1) is 16.3. The second-order valence-electron chi connectivity index (χ2n) is 7.71. The smallest absolute Gasteiger partial charge is 0.433 e. The Kier molecular flexibility index (Phi) is 6.07. The van der Waals surface area contributed by atoms with Gasteiger partial charge in [-0.1, -0.05) is 0 Å². The number of rotatable bonds is 5. The number of carbonyl (C=O) groups excluding carboxylic acids is 1. The van der Waals surface area contributed by atoms with E-state index in [0.29, 0.717) is 18.0 Å². The van der Waals surface area contributed by atoms with E-state index in [9.17, 15) is 35.5 Å². The Balaban J connectivity index is 1.42. The molecule has 1 fully saturated rings. The van der Waals surface area contributed by atoms with Crippen molar-refractivity contribution >= 4 is 17.4 Å². The molecule has 1 aromatic carbocycles. The lowest BCUT2D eigenvalue weighted by Gasteiger charge is -2.40. The van der Waals surface area contributed by atoms with E-state index < -0.39 is 41.4 Å². The first kappa shape index (κ1) is 24.3. The fraction of sp³-hybridized carbons (Fsp3) is 0.286. The Bertz CT molecular complexity index is 1230. The molecule has 0 atom stereocenters. The summed E-state index contributed by atoms with van der Waals surface area (Å²) >= 11 is 0. The van der Waals surface area contributed by atoms with Crippen molar-refractivity contribution in [3.8, 4) is 5.75 Å². The molecule has 7 nitrogen and oxygen atoms in total. The van der Waals surface area contributed by atoms with E-state index in [2.05, 4.69) is 15.4 Å². The molecule has 1 aliphatic heterocycles. The average molecular weight is 503 g/mol. The van der Waals surface area contributed by atoms with E-state index in [-0.39, 0.29) is 30.1 Å². The van der Waals surface area contributed by atoms with Gasteiger partial charge in [-0.05, 0) is 24.3 Å². The van der Waals surface area contributed by atoms with Crippen LogP contribution < -0.4 is 15.0 Å². The fourth-order valence-electron chi connectivity index (χ4n) is 3.47. The summed E-state index contributed by atoms with van der Waals surface area (Å²) in [5.74, 6) is -1.66. The van der Waals surface area contributed by atoms with Gasteiger partial charge in [-0.25, -0.2) is 9.37 Å². The molecule has 1 aliphatic rings. The van der Waals surface area contributed by atoms with Crippen molar-refractivity contribution < 1.29 is 40.3 Å². The molecule has 3 heterocycles. The normalized spacial score (nSPS) is 14.6. The molecule has 0 saturated carbocycles. The van der Waals surface area contributed by atoms with Gasteiger partial charge < -0.3 is 15.0 Å². The van der Waals surface area contributed by atoms with Gasteiger partial charge in [-0.15, -0.1) is 0 Å². The molecule has 35 heavy (non-hydrogen) atoms. The summed E-state index contributed by atoms with van der Waals surface area (Å²) in [6.45, 7) is 0.332. The zero-order valence-electron chi connectivity index (χ0n) is 17.8. The van der Waals surface area contributed by atoms with Gasteiger partial charge in [0.2, 0.25) is 0 Å². The molecule has 2 aromatic heterocycles. The maximum absolute atomic E-state index is 13.6. The lowest BCUT2D eigenvalue weighted by molar-refractivity contribution is -0.141. The highest BCUT2D eigenvalue weighted by atomic mass is 19.4. The molecule has 0 spiro atoms. The summed E-state index contributed by atoms with van der Waals surface area (Å²) < 4.78 is 97.1. The van der Waals surface area contributed by atoms with Crippen LogP contribution in [0.5, 0.6) is 5.75 Å². The maximum atomic E-state index is 13.6. The monoisotopic (exact) mass is 503 g/mol. The summed E-state index contributed by atoms with van der Waals surface area (Å²) in [5, 5.41) is 6.47. The second-order valence-corrected chi connectivity index (χ2v) is 7.71. The van der Waals surface area contributed by atoms with Crippen LogP contribution in [0.15, 0.2) is 42.7 Å². The molecular weight excluding hydrogens is 487 g/mol. The number of anilines is 2. The maximum Gasteiger partial charge on any atom is 0.433 e. The fourth-order valence-corrected chi connectivity index (χ4v) is 3.47. The number of halogens is 7. The molecule has 0 aliphatic carbocycles. The quantitative estimate of drug-likeness (QED) is 0.519. The molecule has 1 saturated heterocycles. The van der Waals surface area contributed by atoms with Gasteiger partial charge in [0.15, 0.2) is 0 Å². The molecular formula is C21H16F7N5O2. The molecule has 3 aromatic rings. The molecule has 1 N–H and O–H groups in total. The molecule has 14 heteroatoms. The average Bonchev–Trinajstić information content (AvgIpc) is 3.10. The zero-order valence-corrected chi connectivity index (χ0v) is 17.8. The highest BCUT2D eigenvalue weighted by molar-refractivity contribution is 6.07. The van der Waals surface area contributed by atoms with Crippen LogP contribution >= 0.6 is 0 Å². The first-order valence-electron chi connectivity index (χ1n) is 9.97. The summed E-state index contributed by atoms with van der Waals surface area (Å²) in [5.41, 5.74) is -2.14. The Morgan fingerprint density at radius 1 is 1.06 bits per heavy atom. The number of ether oxygens (including phenoxy) is 1. The van der Waals surface area contributed by atoms with Crippen molar-refractivity contribution in [3.63, 3.8) is 0 Å². The number of aryl methyl sites for hydroxylation is 1. The zero-order chi connectivity index (χ0) is 25.5. The van der Waals surface area contributed by atoms with E-state index in [4.69, 9.17) is 4.74 Å². The predicted molar refractivity (Wildman–Crippen MR) is 108 cm³/mol. The van der Waals surface area contributed by atoms with Crippen LogP contribution in [0.25, 0.3) is 0 Å². The molecule has 1 amide bonds. The van der Waals surface area contributed by atoms with Crippen LogP contribution in [0.2, 0.25) is 0 Å². The van der Waals surface area contributed by atoms with Gasteiger partial charge in [0.05, 0.1) is 36.7 Å². The third-order valence-corrected chi connectivity index (χ3v) is 5.11. The SMILES string of the molecule is Cn1ncc(C(=O)Nc2ccc(C(F)(F)F)nc2)c1N1CC(Oc2cc(F)cc(C(F)(F)F)c2)C1. The minimum Gasteiger partial charge on any atom is -0.487 e. The molecule has 0 radical (unpaired) electrons. The van der Waals surface area contributed by atoms with Crippen molar-refractivity contribution in [1.29, 1.82) is 0 Å². The highest BCUT2D eigenvalue weighted by Crippen LogP contribution is 2.34. The second kappa shape index (κ2) is 8.74. The number of alkyl halides is 6. The summed E-state index contributed by atoms with van der Waals surface area (Å²) in [6, 6.07) is 3.71. The van der Waals surface area contributed by atoms with Crippen LogP contribution in [-0.4, -0.2) is 39.9 Å². The van der Waals surface area contributed by atoms with E-state index >= 15 is 0 Å². The minimum absolute atomic E-state index is 0.0363. The molecule has 4 rings (SSSR count). The number of nitrogens with zero attached hydrogens (tertiary/aromatic N) is 4. The Morgan fingerprint density at radius 3 is 2.37 bits per heavy atom. The van der Waals surface area contributed by atoms with Gasteiger partial charge in [0.1, 0.15) is 34.7 Å². The van der Waals surface area contributed by atoms with Gasteiger partial charge in [0.25, 0.3) is 5.91 Å². The number of nitrogens with one attached hydrogen (secondary N) is 1. The van der Waals surface area contributed by atoms with Crippen LogP contribution in [0.4, 0.5) is 42.2 Å². The number of hydrogen-bond acceptors (Lipinski definition) is 5. The van der Waals surface area contributed by atoms with Crippen molar-refractivity contribution in [2.75, 3.05) is 23.3 Å². The van der Waals surface area contributed by atoms with E-state index in [0.717, 1.165) is 24.4 Å². The van der Waals surface area contributed by atoms with Gasteiger partial charge in [-0.3, -0.25) is 9.48 Å². The van der Waals surface area contributed by atoms with Gasteiger partial charge in [-0.2, -0.15) is 31.4 Å². The lowest BCUT2D eigenvalue weighted by Crippen LogP contribution is -2.55. The third-order valence-electron chi connectivity index (χ3n) is 5.11. The number of hydrogen-bond donors (Lipinski definition) is 1. The van der Waals surface area contributed by atoms with Crippen molar-refractivity contribution in [1.82, 2.24) is 14.8 Å². The van der Waals surface area contributed by atoms with E-state index in [1.165, 1.54) is 10.9 Å². The first-order valence-corrected chi connectivity index (χ1v) is 9.97. The Hall–Kier alpha value is -3.84. The van der Waals surface area contributed by atoms with E-state index in [1.807, 2.05) is 0 Å². The molecule has 0 bridgehead atoms. The van der Waals surface area contributed by atoms with Gasteiger partial charge in [0, 0.05) is 13.1 Å². The Morgan fingerprint density at radius 2 is 1.77 bits per heavy atom. The summed E-state index contributed by atoms with van der Waals surface area (Å²) in [4.78, 5) is 17.6. The third kappa shape index (κ3) is 5.30. The number of aromatic nitrogens is 3. The van der Waals surface area contributed by atoms with Crippen molar-refractivity contribution in [2.45, 2.75) is 18.5 Å². The molecule has 0 unspecified atom stereocenters. The molecule has 186 valence electrons. The predicted octanol–water partition coefficient (Wildman–Crippen LogP) is 4.51. The highest BCUT2D eigenvalue weighted by Gasteiger charge is 2.36. The lowest BCUT2D eigenvalue weighted by atomic mass is 10.1. The standard InChI is InChI=1S/C21H16F7N5O2/c1-32-19(16(8-30-32)18(34)31-13-2-3-17(29-7-13)21(26,27)28)33-9-15(10-33)35-14-5-11(20(23,24)25)4-12(22)6-14/h2-8,15H,9-10H2,1H3,(H,31,34). The van der Waals surface area contributed by atoms with Crippen LogP contribution in [0, 0.1) is 5.82 Å². The van der Waals surface area contributed by atoms with E-state index in [1.54, 1.807) is 11.9 Å². The topological polar surface area (TPSA) is 72.3 Å². The van der Waals surface area contributed by atoms with Crippen LogP contribution in [0.3, 0.4) is 0 Å². The number of amides is 1. The number of pyridine rings is 1. The largest absolute Gasteiger partial charge is 0.487 e. The van der Waals surface area contributed by atoms with Crippen molar-refractivity contribution in [2.24, 2.45) is 7.05 Å². The number of benzene rings is 1.